The normalized spacial score (nSPS) is 10.7. The molecule has 1 N–H and O–H groups in total. The summed E-state index contributed by atoms with van der Waals surface area (Å²) in [6.07, 6.45) is 1.83. The molecule has 1 heterocycles. The Morgan fingerprint density at radius 3 is 2.95 bits per heavy atom. The summed E-state index contributed by atoms with van der Waals surface area (Å²) in [5.74, 6) is 0.870. The first-order chi connectivity index (χ1) is 9.83. The van der Waals surface area contributed by atoms with E-state index in [-0.39, 0.29) is 0 Å². The summed E-state index contributed by atoms with van der Waals surface area (Å²) in [5, 5.41) is 7.70. The number of methoxy groups -OCH3 is 2. The minimum atomic E-state index is 0.712. The second kappa shape index (κ2) is 7.67. The van der Waals surface area contributed by atoms with Gasteiger partial charge in [0.15, 0.2) is 0 Å². The van der Waals surface area contributed by atoms with Crippen molar-refractivity contribution in [1.82, 2.24) is 15.1 Å². The van der Waals surface area contributed by atoms with Crippen LogP contribution in [0.15, 0.2) is 36.5 Å². The number of benzene rings is 1. The maximum Gasteiger partial charge on any atom is 0.119 e. The van der Waals surface area contributed by atoms with Gasteiger partial charge in [-0.05, 0) is 23.8 Å². The third-order valence-corrected chi connectivity index (χ3v) is 3.06. The maximum atomic E-state index is 5.24. The molecular formula is C15H21N3O2. The van der Waals surface area contributed by atoms with Gasteiger partial charge in [0.1, 0.15) is 5.75 Å². The highest BCUT2D eigenvalue weighted by Crippen LogP contribution is 2.14. The molecule has 1 aromatic heterocycles. The van der Waals surface area contributed by atoms with Crippen LogP contribution in [0, 0.1) is 0 Å². The third-order valence-electron chi connectivity index (χ3n) is 3.06. The van der Waals surface area contributed by atoms with E-state index in [0.29, 0.717) is 6.61 Å². The van der Waals surface area contributed by atoms with Gasteiger partial charge in [0.2, 0.25) is 0 Å². The predicted octanol–water partition coefficient (Wildman–Crippen LogP) is 1.68. The van der Waals surface area contributed by atoms with Gasteiger partial charge >= 0.3 is 0 Å². The van der Waals surface area contributed by atoms with E-state index in [1.165, 1.54) is 5.56 Å². The number of hydrogen-bond acceptors (Lipinski definition) is 4. The Morgan fingerprint density at radius 1 is 1.25 bits per heavy atom. The molecular weight excluding hydrogens is 254 g/mol. The highest BCUT2D eigenvalue weighted by molar-refractivity contribution is 5.28. The fourth-order valence-corrected chi connectivity index (χ4v) is 1.99. The number of rotatable bonds is 8. The van der Waals surface area contributed by atoms with Crippen LogP contribution in [0.5, 0.6) is 5.75 Å². The van der Waals surface area contributed by atoms with Gasteiger partial charge in [-0.3, -0.25) is 4.68 Å². The van der Waals surface area contributed by atoms with Crippen LogP contribution in [-0.2, 0) is 17.8 Å². The average molecular weight is 275 g/mol. The largest absolute Gasteiger partial charge is 0.497 e. The van der Waals surface area contributed by atoms with Crippen molar-refractivity contribution in [3.63, 3.8) is 0 Å². The average Bonchev–Trinajstić information content (AvgIpc) is 2.91. The van der Waals surface area contributed by atoms with Crippen molar-refractivity contribution in [1.29, 1.82) is 0 Å². The van der Waals surface area contributed by atoms with Crippen molar-refractivity contribution < 1.29 is 9.47 Å². The SMILES string of the molecule is COCCNCc1ccnn1Cc1cccc(OC)c1. The summed E-state index contributed by atoms with van der Waals surface area (Å²) in [6.45, 7) is 3.07. The molecule has 0 aliphatic rings. The molecule has 2 rings (SSSR count). The Hall–Kier alpha value is -1.85. The van der Waals surface area contributed by atoms with Gasteiger partial charge in [0.05, 0.1) is 26.0 Å². The minimum absolute atomic E-state index is 0.712. The van der Waals surface area contributed by atoms with Crippen LogP contribution in [0.4, 0.5) is 0 Å². The quantitative estimate of drug-likeness (QED) is 0.745. The van der Waals surface area contributed by atoms with Gasteiger partial charge in [0.25, 0.3) is 0 Å². The smallest absolute Gasteiger partial charge is 0.119 e. The van der Waals surface area contributed by atoms with Crippen LogP contribution in [0.25, 0.3) is 0 Å². The van der Waals surface area contributed by atoms with Crippen LogP contribution in [-0.4, -0.2) is 37.2 Å². The van der Waals surface area contributed by atoms with E-state index in [0.717, 1.165) is 31.1 Å². The second-order valence-corrected chi connectivity index (χ2v) is 4.50. The Morgan fingerprint density at radius 2 is 2.15 bits per heavy atom. The molecule has 0 fully saturated rings. The second-order valence-electron chi connectivity index (χ2n) is 4.50. The van der Waals surface area contributed by atoms with Gasteiger partial charge in [0, 0.05) is 26.4 Å². The lowest BCUT2D eigenvalue weighted by Crippen LogP contribution is -2.21. The summed E-state index contributed by atoms with van der Waals surface area (Å²) in [6, 6.07) is 10.1. The molecule has 2 aromatic rings. The molecule has 0 saturated carbocycles. The van der Waals surface area contributed by atoms with Crippen molar-refractivity contribution in [2.24, 2.45) is 0 Å². The lowest BCUT2D eigenvalue weighted by molar-refractivity contribution is 0.199. The van der Waals surface area contributed by atoms with Crippen molar-refractivity contribution in [2.75, 3.05) is 27.4 Å². The molecule has 20 heavy (non-hydrogen) atoms. The van der Waals surface area contributed by atoms with Crippen molar-refractivity contribution in [3.05, 3.63) is 47.8 Å². The first kappa shape index (κ1) is 14.6. The highest BCUT2D eigenvalue weighted by Gasteiger charge is 2.04. The van der Waals surface area contributed by atoms with Crippen LogP contribution >= 0.6 is 0 Å². The summed E-state index contributed by atoms with van der Waals surface area (Å²) in [4.78, 5) is 0. The van der Waals surface area contributed by atoms with E-state index in [2.05, 4.69) is 16.5 Å². The number of nitrogens with zero attached hydrogens (tertiary/aromatic N) is 2. The Bertz CT molecular complexity index is 525. The third kappa shape index (κ3) is 4.08. The number of aromatic nitrogens is 2. The Labute approximate surface area is 119 Å². The summed E-state index contributed by atoms with van der Waals surface area (Å²) < 4.78 is 12.2. The van der Waals surface area contributed by atoms with Gasteiger partial charge in [-0.2, -0.15) is 5.10 Å². The Balaban J connectivity index is 1.97. The summed E-state index contributed by atoms with van der Waals surface area (Å²) >= 11 is 0. The van der Waals surface area contributed by atoms with Crippen molar-refractivity contribution >= 4 is 0 Å². The minimum Gasteiger partial charge on any atom is -0.497 e. The van der Waals surface area contributed by atoms with Crippen LogP contribution in [0.1, 0.15) is 11.3 Å². The van der Waals surface area contributed by atoms with Crippen molar-refractivity contribution in [3.8, 4) is 5.75 Å². The van der Waals surface area contributed by atoms with Gasteiger partial charge < -0.3 is 14.8 Å². The van der Waals surface area contributed by atoms with E-state index in [1.807, 2.05) is 35.1 Å². The molecule has 0 unspecified atom stereocenters. The maximum absolute atomic E-state index is 5.24. The molecule has 5 heteroatoms. The fourth-order valence-electron chi connectivity index (χ4n) is 1.99. The number of hydrogen-bond donors (Lipinski definition) is 1. The molecule has 5 nitrogen and oxygen atoms in total. The molecule has 0 aliphatic carbocycles. The summed E-state index contributed by atoms with van der Waals surface area (Å²) in [5.41, 5.74) is 2.33. The predicted molar refractivity (Wildman–Crippen MR) is 77.9 cm³/mol. The molecule has 0 saturated heterocycles. The zero-order chi connectivity index (χ0) is 14.2. The molecule has 0 spiro atoms. The highest BCUT2D eigenvalue weighted by atomic mass is 16.5. The molecule has 0 aliphatic heterocycles. The van der Waals surface area contributed by atoms with Gasteiger partial charge in [-0.25, -0.2) is 0 Å². The molecule has 0 atom stereocenters. The number of ether oxygens (including phenoxy) is 2. The van der Waals surface area contributed by atoms with Crippen molar-refractivity contribution in [2.45, 2.75) is 13.1 Å². The van der Waals surface area contributed by atoms with E-state index in [9.17, 15) is 0 Å². The fraction of sp³-hybridized carbons (Fsp3) is 0.400. The first-order valence-corrected chi connectivity index (χ1v) is 6.66. The molecule has 1 aromatic carbocycles. The zero-order valence-electron chi connectivity index (χ0n) is 12.0. The molecule has 0 radical (unpaired) electrons. The first-order valence-electron chi connectivity index (χ1n) is 6.66. The van der Waals surface area contributed by atoms with Gasteiger partial charge in [-0.1, -0.05) is 12.1 Å². The molecule has 0 bridgehead atoms. The number of nitrogens with one attached hydrogen (secondary N) is 1. The lowest BCUT2D eigenvalue weighted by atomic mass is 10.2. The van der Waals surface area contributed by atoms with E-state index >= 15 is 0 Å². The zero-order valence-corrected chi connectivity index (χ0v) is 12.0. The van der Waals surface area contributed by atoms with E-state index in [4.69, 9.17) is 9.47 Å². The van der Waals surface area contributed by atoms with E-state index < -0.39 is 0 Å². The summed E-state index contributed by atoms with van der Waals surface area (Å²) in [7, 11) is 3.38. The molecule has 0 amide bonds. The van der Waals surface area contributed by atoms with Crippen LogP contribution in [0.2, 0.25) is 0 Å². The Kier molecular flexibility index (Phi) is 5.58. The van der Waals surface area contributed by atoms with E-state index in [1.54, 1.807) is 14.2 Å². The van der Waals surface area contributed by atoms with Crippen LogP contribution < -0.4 is 10.1 Å². The monoisotopic (exact) mass is 275 g/mol. The standard InChI is InChI=1S/C15H21N3O2/c1-19-9-8-16-11-14-6-7-17-18(14)12-13-4-3-5-15(10-13)20-2/h3-7,10,16H,8-9,11-12H2,1-2H3. The van der Waals surface area contributed by atoms with Gasteiger partial charge in [-0.15, -0.1) is 0 Å². The molecule has 108 valence electrons. The topological polar surface area (TPSA) is 48.3 Å². The van der Waals surface area contributed by atoms with Crippen LogP contribution in [0.3, 0.4) is 0 Å². The lowest BCUT2D eigenvalue weighted by Gasteiger charge is -2.09.